The fraction of sp³-hybridized carbons (Fsp3) is 0.444. The average molecular weight is 330 g/mol. The number of rotatable bonds is 3. The predicted octanol–water partition coefficient (Wildman–Crippen LogP) is 3.75. The zero-order valence-electron chi connectivity index (χ0n) is 13.8. The summed E-state index contributed by atoms with van der Waals surface area (Å²) in [4.78, 5) is 19.3. The number of piperidine rings is 1. The van der Waals surface area contributed by atoms with E-state index in [-0.39, 0.29) is 12.0 Å². The lowest BCUT2D eigenvalue weighted by atomic mass is 10.1. The molecule has 0 saturated carbocycles. The smallest absolute Gasteiger partial charge is 0.265 e. The summed E-state index contributed by atoms with van der Waals surface area (Å²) in [6.07, 6.45) is 3.61. The van der Waals surface area contributed by atoms with E-state index in [0.29, 0.717) is 0 Å². The average Bonchev–Trinajstić information content (AvgIpc) is 2.97. The van der Waals surface area contributed by atoms with Crippen molar-refractivity contribution >= 4 is 17.2 Å². The Morgan fingerprint density at radius 3 is 2.43 bits per heavy atom. The molecule has 4 nitrogen and oxygen atoms in total. The molecule has 1 aromatic heterocycles. The maximum Gasteiger partial charge on any atom is 0.265 e. The maximum absolute atomic E-state index is 12.4. The Bertz CT molecular complexity index is 683. The van der Waals surface area contributed by atoms with E-state index < -0.39 is 0 Å². The number of amides is 1. The van der Waals surface area contributed by atoms with Crippen LogP contribution in [0.2, 0.25) is 0 Å². The number of benzene rings is 1. The van der Waals surface area contributed by atoms with Crippen molar-refractivity contribution in [3.8, 4) is 5.75 Å². The Hall–Kier alpha value is -1.88. The summed E-state index contributed by atoms with van der Waals surface area (Å²) in [5.41, 5.74) is 2.34. The maximum atomic E-state index is 12.4. The van der Waals surface area contributed by atoms with Crippen LogP contribution in [0.5, 0.6) is 5.75 Å². The van der Waals surface area contributed by atoms with Crippen molar-refractivity contribution in [2.75, 3.05) is 13.1 Å². The quantitative estimate of drug-likeness (QED) is 0.861. The molecule has 23 heavy (non-hydrogen) atoms. The van der Waals surface area contributed by atoms with Crippen molar-refractivity contribution in [2.24, 2.45) is 0 Å². The summed E-state index contributed by atoms with van der Waals surface area (Å²) >= 11 is 1.46. The first kappa shape index (κ1) is 16.0. The minimum Gasteiger partial charge on any atom is -0.490 e. The molecule has 1 aromatic carbocycles. The number of likely N-dealkylation sites (tertiary alicyclic amines) is 1. The Labute approximate surface area is 141 Å². The number of thiazole rings is 1. The van der Waals surface area contributed by atoms with Crippen molar-refractivity contribution in [3.63, 3.8) is 0 Å². The summed E-state index contributed by atoms with van der Waals surface area (Å²) in [6.45, 7) is 7.56. The number of para-hydroxylation sites is 1. The van der Waals surface area contributed by atoms with E-state index in [1.54, 1.807) is 6.20 Å². The van der Waals surface area contributed by atoms with Crippen LogP contribution < -0.4 is 4.74 Å². The third kappa shape index (κ3) is 3.55. The monoisotopic (exact) mass is 330 g/mol. The molecule has 1 fully saturated rings. The van der Waals surface area contributed by atoms with Crippen LogP contribution in [0.4, 0.5) is 0 Å². The van der Waals surface area contributed by atoms with Gasteiger partial charge >= 0.3 is 0 Å². The van der Waals surface area contributed by atoms with Gasteiger partial charge in [0.05, 0.1) is 11.2 Å². The summed E-state index contributed by atoms with van der Waals surface area (Å²) < 4.78 is 6.21. The Morgan fingerprint density at radius 2 is 1.87 bits per heavy atom. The molecule has 3 rings (SSSR count). The van der Waals surface area contributed by atoms with Crippen molar-refractivity contribution in [3.05, 3.63) is 45.4 Å². The summed E-state index contributed by atoms with van der Waals surface area (Å²) in [5, 5.41) is 0.932. The van der Waals surface area contributed by atoms with E-state index in [4.69, 9.17) is 4.74 Å². The molecule has 1 aliphatic rings. The Kier molecular flexibility index (Phi) is 4.66. The van der Waals surface area contributed by atoms with Gasteiger partial charge in [-0.25, -0.2) is 4.98 Å². The molecule has 0 bridgehead atoms. The lowest BCUT2D eigenvalue weighted by Gasteiger charge is -2.32. The van der Waals surface area contributed by atoms with Gasteiger partial charge < -0.3 is 9.64 Å². The summed E-state index contributed by atoms with van der Waals surface area (Å²) in [7, 11) is 0. The van der Waals surface area contributed by atoms with Gasteiger partial charge in [0.15, 0.2) is 0 Å². The van der Waals surface area contributed by atoms with Gasteiger partial charge in [0.2, 0.25) is 0 Å². The van der Waals surface area contributed by atoms with Crippen molar-refractivity contribution in [1.29, 1.82) is 0 Å². The predicted molar refractivity (Wildman–Crippen MR) is 92.3 cm³/mol. The first-order chi connectivity index (χ1) is 11.0. The van der Waals surface area contributed by atoms with Crippen LogP contribution in [0, 0.1) is 20.8 Å². The molecule has 2 aromatic rings. The molecule has 0 unspecified atom stereocenters. The van der Waals surface area contributed by atoms with Crippen molar-refractivity contribution in [2.45, 2.75) is 39.7 Å². The van der Waals surface area contributed by atoms with Gasteiger partial charge in [0, 0.05) is 25.9 Å². The number of carbonyl (C=O) groups excluding carboxylic acids is 1. The third-order valence-electron chi connectivity index (χ3n) is 4.25. The minimum absolute atomic E-state index is 0.0983. The van der Waals surface area contributed by atoms with Crippen LogP contribution in [0.3, 0.4) is 0 Å². The molecule has 1 saturated heterocycles. The second-order valence-electron chi connectivity index (χ2n) is 6.07. The van der Waals surface area contributed by atoms with E-state index in [1.807, 2.05) is 11.8 Å². The van der Waals surface area contributed by atoms with Crippen LogP contribution in [0.15, 0.2) is 24.4 Å². The molecule has 1 amide bonds. The van der Waals surface area contributed by atoms with Gasteiger partial charge in [-0.1, -0.05) is 18.2 Å². The van der Waals surface area contributed by atoms with Gasteiger partial charge in [-0.15, -0.1) is 11.3 Å². The molecule has 0 N–H and O–H groups in total. The number of hydrogen-bond donors (Lipinski definition) is 0. The zero-order valence-corrected chi connectivity index (χ0v) is 14.7. The highest BCUT2D eigenvalue weighted by molar-refractivity contribution is 7.13. The number of hydrogen-bond acceptors (Lipinski definition) is 4. The molecule has 2 heterocycles. The number of carbonyl (C=O) groups is 1. The molecular weight excluding hydrogens is 308 g/mol. The van der Waals surface area contributed by atoms with Crippen LogP contribution >= 0.6 is 11.3 Å². The molecule has 0 aliphatic carbocycles. The Balaban J connectivity index is 1.59. The molecular formula is C18H22N2O2S. The number of ether oxygens (including phenoxy) is 1. The highest BCUT2D eigenvalue weighted by Crippen LogP contribution is 2.27. The second-order valence-corrected chi connectivity index (χ2v) is 7.31. The first-order valence-corrected chi connectivity index (χ1v) is 8.81. The van der Waals surface area contributed by atoms with Crippen molar-refractivity contribution < 1.29 is 9.53 Å². The van der Waals surface area contributed by atoms with Gasteiger partial charge in [0.1, 0.15) is 16.7 Å². The second kappa shape index (κ2) is 6.71. The van der Waals surface area contributed by atoms with Gasteiger partial charge in [0.25, 0.3) is 5.91 Å². The van der Waals surface area contributed by atoms with Crippen LogP contribution in [-0.4, -0.2) is 35.0 Å². The first-order valence-electron chi connectivity index (χ1n) is 7.99. The lowest BCUT2D eigenvalue weighted by molar-refractivity contribution is 0.0597. The Morgan fingerprint density at radius 1 is 1.22 bits per heavy atom. The topological polar surface area (TPSA) is 42.4 Å². The van der Waals surface area contributed by atoms with E-state index in [2.05, 4.69) is 37.0 Å². The summed E-state index contributed by atoms with van der Waals surface area (Å²) in [5.74, 6) is 1.09. The van der Waals surface area contributed by atoms with Gasteiger partial charge in [-0.3, -0.25) is 4.79 Å². The lowest BCUT2D eigenvalue weighted by Crippen LogP contribution is -2.41. The third-order valence-corrected chi connectivity index (χ3v) is 5.16. The molecule has 0 spiro atoms. The fourth-order valence-corrected chi connectivity index (χ4v) is 3.69. The SMILES string of the molecule is Cc1ncc(C(=O)N2CCC(Oc3c(C)cccc3C)CC2)s1. The van der Waals surface area contributed by atoms with E-state index >= 15 is 0 Å². The highest BCUT2D eigenvalue weighted by Gasteiger charge is 2.26. The molecule has 1 aliphatic heterocycles. The fourth-order valence-electron chi connectivity index (χ4n) is 2.94. The molecule has 122 valence electrons. The number of aryl methyl sites for hydroxylation is 3. The van der Waals surface area contributed by atoms with Crippen LogP contribution in [-0.2, 0) is 0 Å². The largest absolute Gasteiger partial charge is 0.490 e. The molecule has 5 heteroatoms. The number of aromatic nitrogens is 1. The summed E-state index contributed by atoms with van der Waals surface area (Å²) in [6, 6.07) is 6.20. The molecule has 0 radical (unpaired) electrons. The van der Waals surface area contributed by atoms with E-state index in [0.717, 1.165) is 41.6 Å². The standard InChI is InChI=1S/C18H22N2O2S/c1-12-5-4-6-13(2)17(12)22-15-7-9-20(10-8-15)18(21)16-11-19-14(3)23-16/h4-6,11,15H,7-10H2,1-3H3. The van der Waals surface area contributed by atoms with Crippen LogP contribution in [0.1, 0.15) is 38.6 Å². The number of nitrogens with zero attached hydrogens (tertiary/aromatic N) is 2. The van der Waals surface area contributed by atoms with Crippen molar-refractivity contribution in [1.82, 2.24) is 9.88 Å². The van der Waals surface area contributed by atoms with Gasteiger partial charge in [-0.05, 0) is 31.9 Å². The molecule has 0 atom stereocenters. The minimum atomic E-state index is 0.0983. The van der Waals surface area contributed by atoms with Gasteiger partial charge in [-0.2, -0.15) is 0 Å². The zero-order chi connectivity index (χ0) is 16.4. The van der Waals surface area contributed by atoms with E-state index in [9.17, 15) is 4.79 Å². The normalized spacial score (nSPS) is 15.7. The van der Waals surface area contributed by atoms with Crippen LogP contribution in [0.25, 0.3) is 0 Å². The highest BCUT2D eigenvalue weighted by atomic mass is 32.1. The van der Waals surface area contributed by atoms with E-state index in [1.165, 1.54) is 22.5 Å².